The van der Waals surface area contributed by atoms with Gasteiger partial charge in [-0.15, -0.1) is 11.8 Å². The molecule has 0 aromatic carbocycles. The van der Waals surface area contributed by atoms with Gasteiger partial charge in [-0.05, 0) is 32.6 Å². The van der Waals surface area contributed by atoms with Gasteiger partial charge in [0.1, 0.15) is 36.7 Å². The van der Waals surface area contributed by atoms with E-state index in [-0.39, 0.29) is 93.7 Å². The number of hydrogen-bond acceptors (Lipinski definition) is 13. The maximum atomic E-state index is 13.0. The van der Waals surface area contributed by atoms with Crippen molar-refractivity contribution < 1.29 is 61.5 Å². The van der Waals surface area contributed by atoms with E-state index in [0.29, 0.717) is 31.4 Å². The average molecular weight is 1020 g/mol. The maximum absolute atomic E-state index is 13.0. The number of thioether (sulfide) groups is 1. The number of nitrogens with zero attached hydrogens (tertiary/aromatic N) is 1. The Balaban J connectivity index is 2.44. The van der Waals surface area contributed by atoms with Gasteiger partial charge < -0.3 is 19.2 Å². The topological polar surface area (TPSA) is 197 Å². The van der Waals surface area contributed by atoms with Crippen molar-refractivity contribution in [1.29, 1.82) is 0 Å². The molecule has 2 amide bonds. The Labute approximate surface area is 421 Å². The van der Waals surface area contributed by atoms with Gasteiger partial charge in [0.25, 0.3) is 0 Å². The number of unbranched alkanes of at least 4 members (excludes halogenated alkanes) is 24. The number of phosphoric ester groups is 1. The number of carbonyl (C=O) groups excluding carboxylic acids is 7. The Morgan fingerprint density at radius 1 is 0.580 bits per heavy atom. The van der Waals surface area contributed by atoms with Crippen molar-refractivity contribution in [1.82, 2.24) is 4.90 Å². The van der Waals surface area contributed by atoms with E-state index < -0.39 is 44.3 Å². The van der Waals surface area contributed by atoms with E-state index in [1.54, 1.807) is 0 Å². The molecule has 0 aromatic rings. The van der Waals surface area contributed by atoms with E-state index in [1.165, 1.54) is 139 Å². The van der Waals surface area contributed by atoms with Gasteiger partial charge in [-0.2, -0.15) is 0 Å². The zero-order valence-electron chi connectivity index (χ0n) is 43.3. The summed E-state index contributed by atoms with van der Waals surface area (Å²) in [5.74, 6) is -1.59. The minimum absolute atomic E-state index is 0.00276. The summed E-state index contributed by atoms with van der Waals surface area (Å²) < 4.78 is 34.2. The Bertz CT molecular complexity index is 1430. The minimum atomic E-state index is -4.72. The van der Waals surface area contributed by atoms with Crippen LogP contribution in [0.4, 0.5) is 0 Å². The number of esters is 2. The molecule has 0 aromatic heterocycles. The van der Waals surface area contributed by atoms with Crippen molar-refractivity contribution in [2.24, 2.45) is 0 Å². The number of hydrogen-bond donors (Lipinski definition) is 1. The van der Waals surface area contributed by atoms with Gasteiger partial charge in [-0.3, -0.25) is 42.7 Å². The first-order valence-corrected chi connectivity index (χ1v) is 29.8. The molecule has 400 valence electrons. The Morgan fingerprint density at radius 2 is 1.00 bits per heavy atom. The van der Waals surface area contributed by atoms with Crippen LogP contribution < -0.4 is 0 Å². The first-order valence-electron chi connectivity index (χ1n) is 27.2. The minimum Gasteiger partial charge on any atom is -0.463 e. The van der Waals surface area contributed by atoms with Gasteiger partial charge in [0.2, 0.25) is 11.8 Å². The molecule has 2 unspecified atom stereocenters. The van der Waals surface area contributed by atoms with E-state index in [2.05, 4.69) is 13.8 Å². The molecule has 1 rings (SSSR count). The summed E-state index contributed by atoms with van der Waals surface area (Å²) in [6.07, 6.45) is 30.8. The molecular formula is C53H94NO13PS. The normalized spacial score (nSPS) is 14.7. The summed E-state index contributed by atoms with van der Waals surface area (Å²) in [6, 6.07) is 0. The van der Waals surface area contributed by atoms with Crippen molar-refractivity contribution in [3.05, 3.63) is 0 Å². The van der Waals surface area contributed by atoms with E-state index in [4.69, 9.17) is 18.5 Å². The summed E-state index contributed by atoms with van der Waals surface area (Å²) in [5, 5.41) is -0.561. The largest absolute Gasteiger partial charge is 0.472 e. The first-order chi connectivity index (χ1) is 33.3. The SMILES string of the molecule is CCCCCCCCCCCCCCCC(=O)OCC(COC(=O)CCCCCCCCCCCCCCC)OP(=O)(O)OCCCC(=O)CCC(=O)CCSC1CC(=O)N(CCCC(C)=O)C1=O. The number of Topliss-reactive ketones (excluding diaryl/α,β-unsaturated/α-hetero) is 3. The number of likely N-dealkylation sites (tertiary alicyclic amines) is 1. The van der Waals surface area contributed by atoms with Crippen molar-refractivity contribution in [3.63, 3.8) is 0 Å². The highest BCUT2D eigenvalue weighted by molar-refractivity contribution is 8.00. The number of rotatable bonds is 50. The first kappa shape index (κ1) is 64.6. The standard InChI is InChI=1S/C53H94NO13PS/c1-4-6-8-10-12-14-16-18-20-22-24-26-28-34-51(59)64-43-48(44-65-52(60)35-29-27-25-23-21-19-17-15-13-11-9-7-5-2)67-68(62,63)66-40-31-33-46(56)36-37-47(57)38-41-69-49-42-50(58)54(53(49)61)39-30-32-45(3)55/h48-49H,4-44H2,1-3H3,(H,62,63). The average Bonchev–Trinajstić information content (AvgIpc) is 3.58. The summed E-state index contributed by atoms with van der Waals surface area (Å²) in [4.78, 5) is 98.0. The van der Waals surface area contributed by atoms with Crippen molar-refractivity contribution >= 4 is 60.7 Å². The van der Waals surface area contributed by atoms with Crippen LogP contribution in [0.1, 0.15) is 252 Å². The van der Waals surface area contributed by atoms with Gasteiger partial charge in [-0.25, -0.2) is 4.57 Å². The van der Waals surface area contributed by atoms with Crippen LogP contribution >= 0.6 is 19.6 Å². The molecule has 1 heterocycles. The van der Waals surface area contributed by atoms with Crippen LogP contribution in [0.25, 0.3) is 0 Å². The van der Waals surface area contributed by atoms with E-state index in [9.17, 15) is 43.0 Å². The van der Waals surface area contributed by atoms with Crippen LogP contribution in [0, 0.1) is 0 Å². The molecule has 1 N–H and O–H groups in total. The molecule has 1 aliphatic heterocycles. The van der Waals surface area contributed by atoms with Crippen LogP contribution in [-0.4, -0.2) is 94.4 Å². The fraction of sp³-hybridized carbons (Fsp3) is 0.868. The second-order valence-electron chi connectivity index (χ2n) is 19.1. The van der Waals surface area contributed by atoms with E-state index in [1.807, 2.05) is 0 Å². The molecule has 1 aliphatic rings. The molecule has 1 saturated heterocycles. The zero-order chi connectivity index (χ0) is 50.8. The fourth-order valence-electron chi connectivity index (χ4n) is 8.22. The zero-order valence-corrected chi connectivity index (χ0v) is 45.0. The lowest BCUT2D eigenvalue weighted by atomic mass is 10.0. The highest BCUT2D eigenvalue weighted by Gasteiger charge is 2.38. The molecule has 0 aliphatic carbocycles. The van der Waals surface area contributed by atoms with Crippen LogP contribution in [0.15, 0.2) is 0 Å². The van der Waals surface area contributed by atoms with Crippen molar-refractivity contribution in [3.8, 4) is 0 Å². The number of carbonyl (C=O) groups is 7. The summed E-state index contributed by atoms with van der Waals surface area (Å²) in [7, 11) is -4.72. The number of imide groups is 1. The van der Waals surface area contributed by atoms with E-state index in [0.717, 1.165) is 38.5 Å². The van der Waals surface area contributed by atoms with Gasteiger partial charge in [0, 0.05) is 63.7 Å². The summed E-state index contributed by atoms with van der Waals surface area (Å²) >= 11 is 1.24. The molecule has 14 nitrogen and oxygen atoms in total. The second kappa shape index (κ2) is 43.2. The van der Waals surface area contributed by atoms with Crippen LogP contribution in [0.2, 0.25) is 0 Å². The highest BCUT2D eigenvalue weighted by Crippen LogP contribution is 2.45. The number of ketones is 3. The summed E-state index contributed by atoms with van der Waals surface area (Å²) in [5.41, 5.74) is 0. The predicted molar refractivity (Wildman–Crippen MR) is 274 cm³/mol. The lowest BCUT2D eigenvalue weighted by Gasteiger charge is -2.21. The summed E-state index contributed by atoms with van der Waals surface area (Å²) in [6.45, 7) is 5.02. The van der Waals surface area contributed by atoms with Crippen molar-refractivity contribution in [2.75, 3.05) is 32.1 Å². The van der Waals surface area contributed by atoms with Crippen LogP contribution in [0.5, 0.6) is 0 Å². The third-order valence-electron chi connectivity index (χ3n) is 12.5. The molecule has 69 heavy (non-hydrogen) atoms. The molecule has 16 heteroatoms. The Hall–Kier alpha value is -2.45. The van der Waals surface area contributed by atoms with Gasteiger partial charge in [0.05, 0.1) is 11.9 Å². The third kappa shape index (κ3) is 37.9. The monoisotopic (exact) mass is 1020 g/mol. The number of amides is 2. The molecular weight excluding hydrogens is 922 g/mol. The smallest absolute Gasteiger partial charge is 0.463 e. The highest BCUT2D eigenvalue weighted by atomic mass is 32.2. The van der Waals surface area contributed by atoms with Crippen molar-refractivity contribution in [2.45, 2.75) is 263 Å². The lowest BCUT2D eigenvalue weighted by Crippen LogP contribution is -2.32. The molecule has 0 radical (unpaired) electrons. The fourth-order valence-corrected chi connectivity index (χ4v) is 10.3. The molecule has 1 fully saturated rings. The molecule has 2 atom stereocenters. The third-order valence-corrected chi connectivity index (χ3v) is 14.7. The lowest BCUT2D eigenvalue weighted by molar-refractivity contribution is -0.152. The molecule has 0 spiro atoms. The van der Waals surface area contributed by atoms with Gasteiger partial charge >= 0.3 is 19.8 Å². The van der Waals surface area contributed by atoms with Gasteiger partial charge in [-0.1, -0.05) is 168 Å². The number of ether oxygens (including phenoxy) is 2. The van der Waals surface area contributed by atoms with E-state index >= 15 is 0 Å². The Kier molecular flexibility index (Phi) is 40.4. The predicted octanol–water partition coefficient (Wildman–Crippen LogP) is 12.9. The molecule has 0 saturated carbocycles. The molecule has 0 bridgehead atoms. The van der Waals surface area contributed by atoms with Crippen LogP contribution in [-0.2, 0) is 56.6 Å². The second-order valence-corrected chi connectivity index (χ2v) is 21.8. The van der Waals surface area contributed by atoms with Crippen LogP contribution in [0.3, 0.4) is 0 Å². The number of phosphoric acid groups is 1. The Morgan fingerprint density at radius 3 is 1.43 bits per heavy atom. The maximum Gasteiger partial charge on any atom is 0.472 e. The quantitative estimate of drug-likeness (QED) is 0.0261. The van der Waals surface area contributed by atoms with Gasteiger partial charge in [0.15, 0.2) is 0 Å².